The molecule has 1 aliphatic carbocycles. The Hall–Kier alpha value is -2.07. The Kier molecular flexibility index (Phi) is 3.33. The van der Waals surface area contributed by atoms with Crippen LogP contribution in [0.2, 0.25) is 0 Å². The summed E-state index contributed by atoms with van der Waals surface area (Å²) in [6.45, 7) is 2.15. The highest BCUT2D eigenvalue weighted by atomic mass is 16.5. The molecule has 1 heterocycles. The van der Waals surface area contributed by atoms with Gasteiger partial charge >= 0.3 is 5.97 Å². The molecule has 0 fully saturated rings. The van der Waals surface area contributed by atoms with Crippen LogP contribution in [-0.2, 0) is 10.3 Å². The third kappa shape index (κ3) is 2.16. The van der Waals surface area contributed by atoms with Crippen LogP contribution >= 0.6 is 0 Å². The first kappa shape index (κ1) is 13.9. The summed E-state index contributed by atoms with van der Waals surface area (Å²) in [5.74, 6) is 0.359. The minimum absolute atomic E-state index is 0.108. The maximum atomic E-state index is 11.5. The zero-order valence-corrected chi connectivity index (χ0v) is 12.1. The molecule has 110 valence electrons. The van der Waals surface area contributed by atoms with Crippen LogP contribution in [0.4, 0.5) is 0 Å². The van der Waals surface area contributed by atoms with Gasteiger partial charge in [0.05, 0.1) is 7.11 Å². The Morgan fingerprint density at radius 2 is 2.10 bits per heavy atom. The number of fused-ring (bicyclic) bond motifs is 1. The fourth-order valence-electron chi connectivity index (χ4n) is 3.05. The van der Waals surface area contributed by atoms with E-state index in [4.69, 9.17) is 4.42 Å². The molecule has 3 rings (SSSR count). The van der Waals surface area contributed by atoms with Crippen LogP contribution in [0.5, 0.6) is 0 Å². The molecular formula is C17H18O4. The van der Waals surface area contributed by atoms with E-state index in [1.807, 2.05) is 24.3 Å². The Morgan fingerprint density at radius 1 is 1.33 bits per heavy atom. The summed E-state index contributed by atoms with van der Waals surface area (Å²) >= 11 is 0. The number of aliphatic hydroxyl groups is 1. The molecule has 0 bridgehead atoms. The molecule has 1 N–H and O–H groups in total. The van der Waals surface area contributed by atoms with E-state index in [1.165, 1.54) is 7.11 Å². The van der Waals surface area contributed by atoms with E-state index in [1.54, 1.807) is 12.1 Å². The summed E-state index contributed by atoms with van der Waals surface area (Å²) in [5.41, 5.74) is 0.798. The van der Waals surface area contributed by atoms with E-state index in [0.717, 1.165) is 17.5 Å². The molecule has 1 aromatic carbocycles. The SMILES string of the molecule is COC(=O)c1ccc(C2(O)CCC(C)c3ccccc32)o1. The second-order valence-electron chi connectivity index (χ2n) is 5.54. The van der Waals surface area contributed by atoms with Gasteiger partial charge in [-0.05, 0) is 42.0 Å². The minimum atomic E-state index is -1.19. The number of hydrogen-bond acceptors (Lipinski definition) is 4. The van der Waals surface area contributed by atoms with Gasteiger partial charge in [0.1, 0.15) is 11.4 Å². The van der Waals surface area contributed by atoms with Crippen molar-refractivity contribution in [3.8, 4) is 0 Å². The topological polar surface area (TPSA) is 59.7 Å². The average Bonchev–Trinajstić information content (AvgIpc) is 3.01. The monoisotopic (exact) mass is 286 g/mol. The molecule has 2 atom stereocenters. The molecule has 4 heteroatoms. The highest BCUT2D eigenvalue weighted by Crippen LogP contribution is 2.45. The lowest BCUT2D eigenvalue weighted by Crippen LogP contribution is -2.32. The van der Waals surface area contributed by atoms with Gasteiger partial charge in [0.15, 0.2) is 0 Å². The number of ether oxygens (including phenoxy) is 1. The predicted molar refractivity (Wildman–Crippen MR) is 77.1 cm³/mol. The molecule has 0 saturated carbocycles. The smallest absolute Gasteiger partial charge is 0.373 e. The van der Waals surface area contributed by atoms with Crippen molar-refractivity contribution < 1.29 is 19.1 Å². The van der Waals surface area contributed by atoms with Crippen molar-refractivity contribution in [2.75, 3.05) is 7.11 Å². The summed E-state index contributed by atoms with van der Waals surface area (Å²) < 4.78 is 10.2. The first-order chi connectivity index (χ1) is 10.1. The fraction of sp³-hybridized carbons (Fsp3) is 0.353. The van der Waals surface area contributed by atoms with E-state index in [9.17, 15) is 9.90 Å². The number of esters is 1. The van der Waals surface area contributed by atoms with Gasteiger partial charge in [-0.2, -0.15) is 0 Å². The van der Waals surface area contributed by atoms with Crippen LogP contribution in [0.3, 0.4) is 0 Å². The second-order valence-corrected chi connectivity index (χ2v) is 5.54. The van der Waals surface area contributed by atoms with Crippen LogP contribution in [-0.4, -0.2) is 18.2 Å². The van der Waals surface area contributed by atoms with Crippen molar-refractivity contribution in [1.82, 2.24) is 0 Å². The summed E-state index contributed by atoms with van der Waals surface area (Å²) in [6, 6.07) is 11.0. The number of carbonyl (C=O) groups is 1. The Bertz CT molecular complexity index is 673. The predicted octanol–water partition coefficient (Wildman–Crippen LogP) is 3.20. The number of rotatable bonds is 2. The van der Waals surface area contributed by atoms with Gasteiger partial charge in [0.25, 0.3) is 0 Å². The molecule has 2 unspecified atom stereocenters. The van der Waals surface area contributed by atoms with Crippen molar-refractivity contribution >= 4 is 5.97 Å². The largest absolute Gasteiger partial charge is 0.463 e. The van der Waals surface area contributed by atoms with Crippen molar-refractivity contribution in [1.29, 1.82) is 0 Å². The Labute approximate surface area is 123 Å². The summed E-state index contributed by atoms with van der Waals surface area (Å²) in [6.07, 6.45) is 1.43. The molecule has 0 spiro atoms. The quantitative estimate of drug-likeness (QED) is 0.861. The lowest BCUT2D eigenvalue weighted by Gasteiger charge is -2.35. The second kappa shape index (κ2) is 5.04. The van der Waals surface area contributed by atoms with Crippen LogP contribution in [0.25, 0.3) is 0 Å². The van der Waals surface area contributed by atoms with Crippen LogP contribution in [0, 0.1) is 0 Å². The van der Waals surface area contributed by atoms with Crippen LogP contribution < -0.4 is 0 Å². The number of benzene rings is 1. The Morgan fingerprint density at radius 3 is 2.86 bits per heavy atom. The standard InChI is InChI=1S/C17H18O4/c1-11-9-10-17(19,13-6-4-3-5-12(11)13)15-8-7-14(21-15)16(18)20-2/h3-8,11,19H,9-10H2,1-2H3. The molecule has 1 aliphatic rings. The first-order valence-corrected chi connectivity index (χ1v) is 7.06. The molecule has 0 radical (unpaired) electrons. The lowest BCUT2D eigenvalue weighted by molar-refractivity contribution is 0.0319. The number of carbonyl (C=O) groups excluding carboxylic acids is 1. The van der Waals surface area contributed by atoms with Crippen molar-refractivity contribution in [3.63, 3.8) is 0 Å². The van der Waals surface area contributed by atoms with E-state index in [2.05, 4.69) is 11.7 Å². The van der Waals surface area contributed by atoms with E-state index < -0.39 is 11.6 Å². The van der Waals surface area contributed by atoms with E-state index >= 15 is 0 Å². The van der Waals surface area contributed by atoms with Crippen molar-refractivity contribution in [3.05, 3.63) is 59.0 Å². The van der Waals surface area contributed by atoms with Crippen molar-refractivity contribution in [2.45, 2.75) is 31.3 Å². The summed E-state index contributed by atoms with van der Waals surface area (Å²) in [7, 11) is 1.30. The molecule has 0 amide bonds. The van der Waals surface area contributed by atoms with Gasteiger partial charge in [0.2, 0.25) is 5.76 Å². The van der Waals surface area contributed by atoms with Crippen molar-refractivity contribution in [2.24, 2.45) is 0 Å². The van der Waals surface area contributed by atoms with Gasteiger partial charge in [-0.15, -0.1) is 0 Å². The van der Waals surface area contributed by atoms with Gasteiger partial charge in [-0.3, -0.25) is 0 Å². The average molecular weight is 286 g/mol. The van der Waals surface area contributed by atoms with Crippen LogP contribution in [0.15, 0.2) is 40.8 Å². The highest BCUT2D eigenvalue weighted by molar-refractivity contribution is 5.86. The third-order valence-corrected chi connectivity index (χ3v) is 4.28. The summed E-state index contributed by atoms with van der Waals surface area (Å²) in [5, 5.41) is 11.1. The Balaban J connectivity index is 2.07. The molecule has 21 heavy (non-hydrogen) atoms. The zero-order chi connectivity index (χ0) is 15.0. The lowest BCUT2D eigenvalue weighted by atomic mass is 9.73. The zero-order valence-electron chi connectivity index (χ0n) is 12.1. The number of hydrogen-bond donors (Lipinski definition) is 1. The number of furan rings is 1. The minimum Gasteiger partial charge on any atom is -0.463 e. The third-order valence-electron chi connectivity index (χ3n) is 4.28. The number of methoxy groups -OCH3 is 1. The normalized spacial score (nSPS) is 24.4. The van der Waals surface area contributed by atoms with Gasteiger partial charge < -0.3 is 14.3 Å². The molecule has 0 saturated heterocycles. The molecule has 4 nitrogen and oxygen atoms in total. The summed E-state index contributed by atoms with van der Waals surface area (Å²) in [4.78, 5) is 11.5. The van der Waals surface area contributed by atoms with Gasteiger partial charge in [0, 0.05) is 0 Å². The van der Waals surface area contributed by atoms with Gasteiger partial charge in [-0.25, -0.2) is 4.79 Å². The highest BCUT2D eigenvalue weighted by Gasteiger charge is 2.41. The molecule has 0 aliphatic heterocycles. The molecule has 1 aromatic heterocycles. The maximum absolute atomic E-state index is 11.5. The molecule has 2 aromatic rings. The molecular weight excluding hydrogens is 268 g/mol. The van der Waals surface area contributed by atoms with E-state index in [-0.39, 0.29) is 5.76 Å². The first-order valence-electron chi connectivity index (χ1n) is 7.06. The van der Waals surface area contributed by atoms with Crippen LogP contribution in [0.1, 0.15) is 53.1 Å². The fourth-order valence-corrected chi connectivity index (χ4v) is 3.05. The van der Waals surface area contributed by atoms with Gasteiger partial charge in [-0.1, -0.05) is 31.2 Å². The maximum Gasteiger partial charge on any atom is 0.373 e. The van der Waals surface area contributed by atoms with E-state index in [0.29, 0.717) is 18.1 Å².